The molecular formula is C17H22N2O2. The van der Waals surface area contributed by atoms with Crippen molar-refractivity contribution in [3.05, 3.63) is 36.1 Å². The molecule has 4 nitrogen and oxygen atoms in total. The van der Waals surface area contributed by atoms with Crippen molar-refractivity contribution >= 4 is 16.9 Å². The third-order valence-corrected chi connectivity index (χ3v) is 4.69. The second kappa shape index (κ2) is 5.53. The van der Waals surface area contributed by atoms with E-state index in [1.807, 2.05) is 51.2 Å². The van der Waals surface area contributed by atoms with Crippen LogP contribution in [0.5, 0.6) is 0 Å². The third kappa shape index (κ3) is 2.56. The maximum absolute atomic E-state index is 12.6. The van der Waals surface area contributed by atoms with Crippen LogP contribution < -0.4 is 5.32 Å². The topological polar surface area (TPSA) is 45.5 Å². The van der Waals surface area contributed by atoms with Gasteiger partial charge >= 0.3 is 0 Å². The van der Waals surface area contributed by atoms with Gasteiger partial charge in [-0.05, 0) is 38.1 Å². The highest BCUT2D eigenvalue weighted by atomic mass is 16.3. The molecule has 2 atom stereocenters. The van der Waals surface area contributed by atoms with Crippen molar-refractivity contribution < 1.29 is 9.21 Å². The first kappa shape index (κ1) is 14.1. The van der Waals surface area contributed by atoms with Gasteiger partial charge in [0.05, 0.1) is 6.04 Å². The molecule has 2 heterocycles. The summed E-state index contributed by atoms with van der Waals surface area (Å²) in [6, 6.07) is 9.91. The lowest BCUT2D eigenvalue weighted by Crippen LogP contribution is -2.50. The zero-order valence-corrected chi connectivity index (χ0v) is 12.8. The van der Waals surface area contributed by atoms with Crippen molar-refractivity contribution in [1.82, 2.24) is 10.2 Å². The monoisotopic (exact) mass is 286 g/mol. The van der Waals surface area contributed by atoms with E-state index >= 15 is 0 Å². The van der Waals surface area contributed by atoms with Crippen LogP contribution in [-0.4, -0.2) is 30.9 Å². The summed E-state index contributed by atoms with van der Waals surface area (Å²) >= 11 is 0. The Morgan fingerprint density at radius 1 is 1.33 bits per heavy atom. The molecule has 1 aromatic carbocycles. The zero-order chi connectivity index (χ0) is 15.0. The van der Waals surface area contributed by atoms with E-state index in [4.69, 9.17) is 4.42 Å². The molecule has 2 unspecified atom stereocenters. The molecule has 3 rings (SSSR count). The molecule has 1 aliphatic heterocycles. The second-order valence-corrected chi connectivity index (χ2v) is 6.02. The van der Waals surface area contributed by atoms with Gasteiger partial charge < -0.3 is 14.6 Å². The van der Waals surface area contributed by atoms with Crippen molar-refractivity contribution in [1.29, 1.82) is 0 Å². The van der Waals surface area contributed by atoms with Gasteiger partial charge in [-0.25, -0.2) is 0 Å². The number of furan rings is 1. The Hall–Kier alpha value is -1.81. The summed E-state index contributed by atoms with van der Waals surface area (Å²) in [4.78, 5) is 14.4. The number of amides is 1. The fourth-order valence-corrected chi connectivity index (χ4v) is 2.78. The minimum Gasteiger partial charge on any atom is -0.459 e. The van der Waals surface area contributed by atoms with Crippen LogP contribution in [0.25, 0.3) is 11.0 Å². The third-order valence-electron chi connectivity index (χ3n) is 4.69. The van der Waals surface area contributed by atoms with Crippen LogP contribution in [-0.2, 0) is 4.79 Å². The number of nitrogens with one attached hydrogen (secondary N) is 1. The van der Waals surface area contributed by atoms with Crippen LogP contribution in [0.15, 0.2) is 34.7 Å². The molecule has 112 valence electrons. The molecule has 0 bridgehead atoms. The number of hydrogen-bond acceptors (Lipinski definition) is 3. The number of nitrogens with zero attached hydrogens (tertiary/aromatic N) is 1. The lowest BCUT2D eigenvalue weighted by molar-refractivity contribution is -0.138. The van der Waals surface area contributed by atoms with Crippen molar-refractivity contribution in [2.75, 3.05) is 20.1 Å². The number of fused-ring (bicyclic) bond motifs is 1. The lowest BCUT2D eigenvalue weighted by Gasteiger charge is -2.35. The predicted molar refractivity (Wildman–Crippen MR) is 82.9 cm³/mol. The Morgan fingerprint density at radius 2 is 2.05 bits per heavy atom. The van der Waals surface area contributed by atoms with Crippen molar-refractivity contribution in [3.63, 3.8) is 0 Å². The first-order valence-corrected chi connectivity index (χ1v) is 7.54. The fraction of sp³-hybridized carbons (Fsp3) is 0.471. The number of rotatable bonds is 4. The van der Waals surface area contributed by atoms with E-state index in [2.05, 4.69) is 5.32 Å². The van der Waals surface area contributed by atoms with E-state index in [0.717, 1.165) is 29.8 Å². The molecular weight excluding hydrogens is 264 g/mol. The van der Waals surface area contributed by atoms with Gasteiger partial charge in [0.1, 0.15) is 11.3 Å². The normalized spacial score (nSPS) is 18.2. The largest absolute Gasteiger partial charge is 0.459 e. The number of hydrogen-bond donors (Lipinski definition) is 1. The molecule has 1 fully saturated rings. The molecule has 0 spiro atoms. The van der Waals surface area contributed by atoms with Crippen molar-refractivity contribution in [3.8, 4) is 0 Å². The van der Waals surface area contributed by atoms with Crippen LogP contribution in [0.3, 0.4) is 0 Å². The highest BCUT2D eigenvalue weighted by molar-refractivity contribution is 5.80. The van der Waals surface area contributed by atoms with E-state index in [1.54, 1.807) is 4.90 Å². The number of benzene rings is 1. The number of carbonyl (C=O) groups excluding carboxylic acids is 1. The van der Waals surface area contributed by atoms with Gasteiger partial charge in [0, 0.05) is 18.4 Å². The van der Waals surface area contributed by atoms with E-state index in [1.165, 1.54) is 0 Å². The minimum atomic E-state index is -0.0552. The summed E-state index contributed by atoms with van der Waals surface area (Å²) in [5, 5.41) is 4.31. The summed E-state index contributed by atoms with van der Waals surface area (Å²) in [6.45, 7) is 5.93. The van der Waals surface area contributed by atoms with Crippen LogP contribution in [0, 0.1) is 11.8 Å². The van der Waals surface area contributed by atoms with E-state index in [9.17, 15) is 4.79 Å². The van der Waals surface area contributed by atoms with E-state index in [-0.39, 0.29) is 17.9 Å². The molecule has 4 heteroatoms. The maximum atomic E-state index is 12.6. The summed E-state index contributed by atoms with van der Waals surface area (Å²) in [6.07, 6.45) is 0. The van der Waals surface area contributed by atoms with Gasteiger partial charge in [0.15, 0.2) is 0 Å². The molecule has 2 aromatic rings. The van der Waals surface area contributed by atoms with Gasteiger partial charge in [0.2, 0.25) is 5.91 Å². The molecule has 0 saturated carbocycles. The maximum Gasteiger partial charge on any atom is 0.226 e. The second-order valence-electron chi connectivity index (χ2n) is 6.02. The molecule has 0 radical (unpaired) electrons. The average Bonchev–Trinajstić information content (AvgIpc) is 2.86. The molecule has 1 amide bonds. The average molecular weight is 286 g/mol. The first-order chi connectivity index (χ1) is 10.1. The molecule has 1 aliphatic rings. The Labute approximate surface area is 125 Å². The standard InChI is InChI=1S/C17H22N2O2/c1-11(14-9-18-10-14)17(20)19(3)12(2)16-8-13-6-4-5-7-15(13)21-16/h4-8,11-12,14,18H,9-10H2,1-3H3. The minimum absolute atomic E-state index is 0.0552. The SMILES string of the molecule is CC(C(=O)N(C)C(C)c1cc2ccccc2o1)C1CNC1. The van der Waals surface area contributed by atoms with Gasteiger partial charge in [-0.15, -0.1) is 0 Å². The smallest absolute Gasteiger partial charge is 0.226 e. The summed E-state index contributed by atoms with van der Waals surface area (Å²) in [7, 11) is 1.86. The van der Waals surface area contributed by atoms with Crippen LogP contribution in [0.1, 0.15) is 25.6 Å². The highest BCUT2D eigenvalue weighted by Crippen LogP contribution is 2.28. The van der Waals surface area contributed by atoms with Crippen LogP contribution in [0.4, 0.5) is 0 Å². The van der Waals surface area contributed by atoms with Crippen molar-refractivity contribution in [2.45, 2.75) is 19.9 Å². The van der Waals surface area contributed by atoms with Crippen LogP contribution >= 0.6 is 0 Å². The lowest BCUT2D eigenvalue weighted by atomic mass is 9.87. The van der Waals surface area contributed by atoms with E-state index < -0.39 is 0 Å². The highest BCUT2D eigenvalue weighted by Gasteiger charge is 2.32. The number of carbonyl (C=O) groups is 1. The van der Waals surface area contributed by atoms with Crippen molar-refractivity contribution in [2.24, 2.45) is 11.8 Å². The molecule has 1 N–H and O–H groups in total. The quantitative estimate of drug-likeness (QED) is 0.940. The first-order valence-electron chi connectivity index (χ1n) is 7.54. The van der Waals surface area contributed by atoms with Gasteiger partial charge in [-0.1, -0.05) is 25.1 Å². The molecule has 21 heavy (non-hydrogen) atoms. The number of para-hydroxylation sites is 1. The summed E-state index contributed by atoms with van der Waals surface area (Å²) in [5.41, 5.74) is 0.872. The summed E-state index contributed by atoms with van der Waals surface area (Å²) in [5.74, 6) is 1.55. The Bertz CT molecular complexity index is 612. The van der Waals surface area contributed by atoms with E-state index in [0.29, 0.717) is 5.92 Å². The zero-order valence-electron chi connectivity index (χ0n) is 12.8. The Morgan fingerprint density at radius 3 is 2.67 bits per heavy atom. The summed E-state index contributed by atoms with van der Waals surface area (Å²) < 4.78 is 5.88. The van der Waals surface area contributed by atoms with Gasteiger partial charge in [-0.2, -0.15) is 0 Å². The molecule has 1 saturated heterocycles. The van der Waals surface area contributed by atoms with Gasteiger partial charge in [0.25, 0.3) is 0 Å². The predicted octanol–water partition coefficient (Wildman–Crippen LogP) is 2.81. The molecule has 1 aromatic heterocycles. The van der Waals surface area contributed by atoms with Gasteiger partial charge in [-0.3, -0.25) is 4.79 Å². The van der Waals surface area contributed by atoms with Crippen LogP contribution in [0.2, 0.25) is 0 Å². The Kier molecular flexibility index (Phi) is 3.72. The fourth-order valence-electron chi connectivity index (χ4n) is 2.78. The molecule has 0 aliphatic carbocycles. The Balaban J connectivity index is 1.76.